The number of aliphatic hydroxyl groups is 2. The van der Waals surface area contributed by atoms with Crippen LogP contribution in [-0.4, -0.2) is 32.3 Å². The molecule has 3 unspecified atom stereocenters. The van der Waals surface area contributed by atoms with Crippen LogP contribution in [0.3, 0.4) is 0 Å². The molecule has 0 aliphatic carbocycles. The van der Waals surface area contributed by atoms with Crippen LogP contribution in [0.1, 0.15) is 20.0 Å². The number of halogens is 1. The molecular weight excluding hydrogens is 250 g/mol. The Kier molecular flexibility index (Phi) is 4.06. The number of hydrogen-bond acceptors (Lipinski definition) is 4. The maximum absolute atomic E-state index is 9.47. The summed E-state index contributed by atoms with van der Waals surface area (Å²) in [5.41, 5.74) is 0. The summed E-state index contributed by atoms with van der Waals surface area (Å²) in [5, 5.41) is 25.5. The molecule has 1 aromatic heterocycles. The van der Waals surface area contributed by atoms with Crippen molar-refractivity contribution < 1.29 is 10.2 Å². The van der Waals surface area contributed by atoms with Crippen molar-refractivity contribution in [2.45, 2.75) is 32.3 Å². The monoisotopic (exact) mass is 263 g/mol. The molecule has 80 valence electrons. The maximum atomic E-state index is 9.47. The second-order valence-electron chi connectivity index (χ2n) is 3.17. The fourth-order valence-corrected chi connectivity index (χ4v) is 1.45. The summed E-state index contributed by atoms with van der Waals surface area (Å²) in [4.78, 5) is 0. The van der Waals surface area contributed by atoms with E-state index < -0.39 is 18.5 Å². The summed E-state index contributed by atoms with van der Waals surface area (Å²) in [6, 6.07) is 0. The smallest absolute Gasteiger partial charge is 0.129 e. The Morgan fingerprint density at radius 1 is 1.50 bits per heavy atom. The van der Waals surface area contributed by atoms with E-state index in [0.29, 0.717) is 0 Å². The molecule has 14 heavy (non-hydrogen) atoms. The van der Waals surface area contributed by atoms with E-state index in [1.54, 1.807) is 30.9 Å². The van der Waals surface area contributed by atoms with Gasteiger partial charge < -0.3 is 10.2 Å². The fraction of sp³-hybridized carbons (Fsp3) is 0.625. The van der Waals surface area contributed by atoms with Crippen molar-refractivity contribution in [3.05, 3.63) is 16.9 Å². The normalized spacial score (nSPS) is 17.8. The van der Waals surface area contributed by atoms with E-state index in [-0.39, 0.29) is 0 Å². The Bertz CT molecular complexity index is 288. The van der Waals surface area contributed by atoms with E-state index in [1.807, 2.05) is 0 Å². The maximum Gasteiger partial charge on any atom is 0.129 e. The lowest BCUT2D eigenvalue weighted by atomic mass is 10.3. The summed E-state index contributed by atoms with van der Waals surface area (Å²) in [6.07, 6.45) is 1.58. The molecule has 0 saturated carbocycles. The molecule has 1 aromatic rings. The van der Waals surface area contributed by atoms with E-state index in [9.17, 15) is 5.11 Å². The molecule has 0 fully saturated rings. The average Bonchev–Trinajstić information content (AvgIpc) is 2.46. The lowest BCUT2D eigenvalue weighted by Crippen LogP contribution is -2.40. The van der Waals surface area contributed by atoms with Crippen molar-refractivity contribution in [1.29, 1.82) is 0 Å². The van der Waals surface area contributed by atoms with Crippen LogP contribution in [0.2, 0.25) is 0 Å². The Morgan fingerprint density at radius 2 is 2.14 bits per heavy atom. The van der Waals surface area contributed by atoms with Gasteiger partial charge in [-0.25, -0.2) is 0 Å². The Hall–Kier alpha value is -0.430. The fourth-order valence-electron chi connectivity index (χ4n) is 1.15. The van der Waals surface area contributed by atoms with Crippen molar-refractivity contribution in [2.24, 2.45) is 0 Å². The molecule has 0 aliphatic rings. The number of aliphatic hydroxyl groups excluding tert-OH is 2. The first-order valence-electron chi connectivity index (χ1n) is 4.32. The van der Waals surface area contributed by atoms with Gasteiger partial charge in [0.2, 0.25) is 0 Å². The second kappa shape index (κ2) is 4.88. The number of nitrogens with zero attached hydrogens (tertiary/aromatic N) is 2. The van der Waals surface area contributed by atoms with Crippen LogP contribution < -0.4 is 5.32 Å². The van der Waals surface area contributed by atoms with Crippen LogP contribution in [-0.2, 0) is 0 Å². The highest BCUT2D eigenvalue weighted by Crippen LogP contribution is 2.13. The molecule has 0 saturated heterocycles. The Morgan fingerprint density at radius 3 is 2.50 bits per heavy atom. The van der Waals surface area contributed by atoms with Gasteiger partial charge in [-0.2, -0.15) is 5.10 Å². The van der Waals surface area contributed by atoms with Gasteiger partial charge in [-0.3, -0.25) is 10.00 Å². The van der Waals surface area contributed by atoms with Gasteiger partial charge in [0.05, 0.1) is 16.8 Å². The van der Waals surface area contributed by atoms with Crippen LogP contribution in [0.25, 0.3) is 0 Å². The Labute approximate surface area is 90.9 Å². The van der Waals surface area contributed by atoms with E-state index in [1.165, 1.54) is 0 Å². The lowest BCUT2D eigenvalue weighted by Gasteiger charge is -2.23. The highest BCUT2D eigenvalue weighted by Gasteiger charge is 2.18. The molecule has 1 rings (SSSR count). The van der Waals surface area contributed by atoms with Gasteiger partial charge in [-0.1, -0.05) is 0 Å². The zero-order valence-electron chi connectivity index (χ0n) is 8.05. The van der Waals surface area contributed by atoms with Crippen molar-refractivity contribution in [1.82, 2.24) is 15.1 Å². The van der Waals surface area contributed by atoms with Crippen LogP contribution in [0, 0.1) is 0 Å². The molecule has 3 N–H and O–H groups in total. The third kappa shape index (κ3) is 3.06. The van der Waals surface area contributed by atoms with Crippen LogP contribution >= 0.6 is 15.9 Å². The summed E-state index contributed by atoms with van der Waals surface area (Å²) in [7, 11) is 0. The van der Waals surface area contributed by atoms with Crippen molar-refractivity contribution >= 4 is 15.9 Å². The topological polar surface area (TPSA) is 70.3 Å². The first-order valence-corrected chi connectivity index (χ1v) is 5.12. The molecule has 0 aromatic carbocycles. The summed E-state index contributed by atoms with van der Waals surface area (Å²) >= 11 is 3.26. The van der Waals surface area contributed by atoms with Gasteiger partial charge in [0, 0.05) is 6.20 Å². The number of aromatic nitrogens is 2. The second-order valence-corrected chi connectivity index (χ2v) is 4.08. The van der Waals surface area contributed by atoms with Crippen LogP contribution in [0.15, 0.2) is 16.9 Å². The van der Waals surface area contributed by atoms with Crippen molar-refractivity contribution in [3.8, 4) is 0 Å². The summed E-state index contributed by atoms with van der Waals surface area (Å²) in [6.45, 7) is 3.23. The van der Waals surface area contributed by atoms with Gasteiger partial charge in [0.15, 0.2) is 0 Å². The number of hydrogen-bond donors (Lipinski definition) is 3. The highest BCUT2D eigenvalue weighted by molar-refractivity contribution is 9.10. The quantitative estimate of drug-likeness (QED) is 0.691. The van der Waals surface area contributed by atoms with Gasteiger partial charge in [-0.05, 0) is 29.8 Å². The zero-order chi connectivity index (χ0) is 10.7. The van der Waals surface area contributed by atoms with Crippen LogP contribution in [0.4, 0.5) is 0 Å². The molecule has 6 heteroatoms. The highest BCUT2D eigenvalue weighted by atomic mass is 79.9. The third-order valence-corrected chi connectivity index (χ3v) is 2.13. The molecule has 0 bridgehead atoms. The third-order valence-electron chi connectivity index (χ3n) is 1.72. The molecule has 1 heterocycles. The average molecular weight is 264 g/mol. The molecule has 5 nitrogen and oxygen atoms in total. The van der Waals surface area contributed by atoms with Gasteiger partial charge in [0.25, 0.3) is 0 Å². The molecular formula is C8H14BrN3O2. The van der Waals surface area contributed by atoms with E-state index in [2.05, 4.69) is 26.3 Å². The summed E-state index contributed by atoms with van der Waals surface area (Å²) in [5.74, 6) is 0. The molecule has 3 atom stereocenters. The van der Waals surface area contributed by atoms with Gasteiger partial charge in [0.1, 0.15) is 12.4 Å². The lowest BCUT2D eigenvalue weighted by molar-refractivity contribution is 0.0485. The molecule has 0 spiro atoms. The Balaban J connectivity index is 2.77. The zero-order valence-corrected chi connectivity index (χ0v) is 9.64. The SMILES string of the molecule is CC(O)NC(C(C)O)n1cc(Br)cn1. The number of nitrogens with one attached hydrogen (secondary N) is 1. The van der Waals surface area contributed by atoms with Crippen molar-refractivity contribution in [3.63, 3.8) is 0 Å². The van der Waals surface area contributed by atoms with Crippen LogP contribution in [0.5, 0.6) is 0 Å². The van der Waals surface area contributed by atoms with E-state index in [0.717, 1.165) is 4.47 Å². The largest absolute Gasteiger partial charge is 0.390 e. The van der Waals surface area contributed by atoms with E-state index in [4.69, 9.17) is 5.11 Å². The minimum Gasteiger partial charge on any atom is -0.390 e. The van der Waals surface area contributed by atoms with E-state index >= 15 is 0 Å². The minimum absolute atomic E-state index is 0.429. The number of rotatable bonds is 4. The predicted molar refractivity (Wildman–Crippen MR) is 55.5 cm³/mol. The molecule has 0 aliphatic heterocycles. The first-order chi connectivity index (χ1) is 6.50. The minimum atomic E-state index is -0.697. The predicted octanol–water partition coefficient (Wildman–Crippen LogP) is 0.453. The van der Waals surface area contributed by atoms with Gasteiger partial charge >= 0.3 is 0 Å². The standard InChI is InChI=1S/C8H14BrN3O2/c1-5(13)8(11-6(2)14)12-4-7(9)3-10-12/h3-6,8,11,13-14H,1-2H3. The van der Waals surface area contributed by atoms with Crippen molar-refractivity contribution in [2.75, 3.05) is 0 Å². The summed E-state index contributed by atoms with van der Waals surface area (Å²) < 4.78 is 2.39. The molecule has 0 radical (unpaired) electrons. The first kappa shape index (κ1) is 11.6. The van der Waals surface area contributed by atoms with Gasteiger partial charge in [-0.15, -0.1) is 0 Å². The molecule has 0 amide bonds.